The highest BCUT2D eigenvalue weighted by Crippen LogP contribution is 2.22. The molecule has 0 aromatic heterocycles. The van der Waals surface area contributed by atoms with Crippen LogP contribution in [0.25, 0.3) is 0 Å². The van der Waals surface area contributed by atoms with Crippen LogP contribution in [0.15, 0.2) is 0 Å². The van der Waals surface area contributed by atoms with Crippen molar-refractivity contribution in [2.24, 2.45) is 0 Å². The van der Waals surface area contributed by atoms with Crippen LogP contribution in [0.5, 0.6) is 0 Å². The Hall–Kier alpha value is -2.20. The standard InChI is InChI=1S/C10H17NO4.C4H7NO4/c12-9(13)6-11(7-10(14)15)8-4-2-1-3-5-8;6-3(7)1-5-2-4(8)9/h8H,1-7H2,(H,12,13)(H,14,15);5H,1-2H2,(H,6,7)(H,8,9). The van der Waals surface area contributed by atoms with Gasteiger partial charge in [0.05, 0.1) is 26.2 Å². The van der Waals surface area contributed by atoms with E-state index in [1.54, 1.807) is 4.90 Å². The van der Waals surface area contributed by atoms with E-state index in [0.29, 0.717) is 0 Å². The van der Waals surface area contributed by atoms with Gasteiger partial charge in [-0.25, -0.2) is 0 Å². The first kappa shape index (κ1) is 21.8. The van der Waals surface area contributed by atoms with Gasteiger partial charge < -0.3 is 20.4 Å². The van der Waals surface area contributed by atoms with Gasteiger partial charge in [0.25, 0.3) is 0 Å². The summed E-state index contributed by atoms with van der Waals surface area (Å²) in [7, 11) is 0. The van der Waals surface area contributed by atoms with Gasteiger partial charge in [-0.3, -0.25) is 29.4 Å². The summed E-state index contributed by atoms with van der Waals surface area (Å²) in [6.45, 7) is -0.966. The second kappa shape index (κ2) is 12.3. The molecule has 0 radical (unpaired) electrons. The van der Waals surface area contributed by atoms with Crippen LogP contribution in [0.3, 0.4) is 0 Å². The van der Waals surface area contributed by atoms with E-state index >= 15 is 0 Å². The lowest BCUT2D eigenvalue weighted by Gasteiger charge is -2.31. The number of nitrogens with zero attached hydrogens (tertiary/aromatic N) is 1. The molecule has 0 atom stereocenters. The van der Waals surface area contributed by atoms with Gasteiger partial charge in [0.2, 0.25) is 0 Å². The van der Waals surface area contributed by atoms with Gasteiger partial charge in [-0.2, -0.15) is 0 Å². The monoisotopic (exact) mass is 348 g/mol. The van der Waals surface area contributed by atoms with Crippen LogP contribution in [0.2, 0.25) is 0 Å². The van der Waals surface area contributed by atoms with Crippen molar-refractivity contribution >= 4 is 23.9 Å². The molecule has 1 aliphatic carbocycles. The second-order valence-corrected chi connectivity index (χ2v) is 5.38. The van der Waals surface area contributed by atoms with Crippen molar-refractivity contribution in [2.75, 3.05) is 26.2 Å². The molecule has 10 nitrogen and oxygen atoms in total. The number of nitrogens with one attached hydrogen (secondary N) is 1. The van der Waals surface area contributed by atoms with Crippen molar-refractivity contribution in [2.45, 2.75) is 38.1 Å². The molecule has 1 aliphatic rings. The van der Waals surface area contributed by atoms with Gasteiger partial charge in [0, 0.05) is 6.04 Å². The van der Waals surface area contributed by atoms with Gasteiger partial charge in [-0.05, 0) is 12.8 Å². The van der Waals surface area contributed by atoms with E-state index in [1.807, 2.05) is 0 Å². The van der Waals surface area contributed by atoms with E-state index in [1.165, 1.54) is 6.42 Å². The Balaban J connectivity index is 0.000000506. The SMILES string of the molecule is O=C(O)CN(CC(=O)O)C1CCCCC1.O=C(O)CNCC(=O)O. The van der Waals surface area contributed by atoms with E-state index in [-0.39, 0.29) is 32.2 Å². The molecule has 1 rings (SSSR count). The molecule has 1 fully saturated rings. The molecule has 0 saturated heterocycles. The molecule has 0 amide bonds. The highest BCUT2D eigenvalue weighted by atomic mass is 16.4. The maximum atomic E-state index is 10.6. The van der Waals surface area contributed by atoms with Gasteiger partial charge in [0.1, 0.15) is 0 Å². The fourth-order valence-corrected chi connectivity index (χ4v) is 2.38. The molecule has 138 valence electrons. The van der Waals surface area contributed by atoms with Crippen LogP contribution >= 0.6 is 0 Å². The number of carboxylic acids is 4. The summed E-state index contributed by atoms with van der Waals surface area (Å²) in [5, 5.41) is 35.5. The van der Waals surface area contributed by atoms with Gasteiger partial charge in [-0.1, -0.05) is 19.3 Å². The number of aliphatic carboxylic acids is 4. The highest BCUT2D eigenvalue weighted by molar-refractivity contribution is 5.73. The second-order valence-electron chi connectivity index (χ2n) is 5.38. The number of carboxylic acid groups (broad SMARTS) is 4. The van der Waals surface area contributed by atoms with Crippen molar-refractivity contribution in [3.63, 3.8) is 0 Å². The van der Waals surface area contributed by atoms with Crippen LogP contribution in [-0.2, 0) is 19.2 Å². The Bertz CT molecular complexity index is 404. The maximum Gasteiger partial charge on any atom is 0.317 e. The van der Waals surface area contributed by atoms with E-state index in [0.717, 1.165) is 25.7 Å². The molecule has 0 aromatic carbocycles. The van der Waals surface area contributed by atoms with Crippen molar-refractivity contribution in [1.82, 2.24) is 10.2 Å². The first-order chi connectivity index (χ1) is 11.2. The maximum absolute atomic E-state index is 10.6. The van der Waals surface area contributed by atoms with Crippen molar-refractivity contribution in [3.8, 4) is 0 Å². The zero-order valence-corrected chi connectivity index (χ0v) is 13.3. The molecule has 0 unspecified atom stereocenters. The average molecular weight is 348 g/mol. The Kier molecular flexibility index (Phi) is 11.1. The topological polar surface area (TPSA) is 164 Å². The van der Waals surface area contributed by atoms with Crippen molar-refractivity contribution in [1.29, 1.82) is 0 Å². The highest BCUT2D eigenvalue weighted by Gasteiger charge is 2.24. The van der Waals surface area contributed by atoms with E-state index < -0.39 is 23.9 Å². The number of rotatable bonds is 9. The first-order valence-corrected chi connectivity index (χ1v) is 7.54. The minimum atomic E-state index is -1.06. The summed E-state index contributed by atoms with van der Waals surface area (Å²) in [5.41, 5.74) is 0. The minimum Gasteiger partial charge on any atom is -0.480 e. The fourth-order valence-electron chi connectivity index (χ4n) is 2.38. The van der Waals surface area contributed by atoms with Crippen LogP contribution in [-0.4, -0.2) is 81.4 Å². The molecule has 1 saturated carbocycles. The molecule has 10 heteroatoms. The normalized spacial score (nSPS) is 14.5. The fraction of sp³-hybridized carbons (Fsp3) is 0.714. The van der Waals surface area contributed by atoms with Gasteiger partial charge in [0.15, 0.2) is 0 Å². The van der Waals surface area contributed by atoms with E-state index in [4.69, 9.17) is 20.4 Å². The van der Waals surface area contributed by atoms with Crippen LogP contribution in [0.1, 0.15) is 32.1 Å². The molecule has 0 heterocycles. The Labute approximate surface area is 139 Å². The van der Waals surface area contributed by atoms with Crippen LogP contribution < -0.4 is 5.32 Å². The van der Waals surface area contributed by atoms with Crippen molar-refractivity contribution in [3.05, 3.63) is 0 Å². The zero-order valence-electron chi connectivity index (χ0n) is 13.3. The largest absolute Gasteiger partial charge is 0.480 e. The Morgan fingerprint density at radius 1 is 0.750 bits per heavy atom. The molecule has 24 heavy (non-hydrogen) atoms. The first-order valence-electron chi connectivity index (χ1n) is 7.54. The summed E-state index contributed by atoms with van der Waals surface area (Å²) < 4.78 is 0. The molecular formula is C14H24N2O8. The van der Waals surface area contributed by atoms with Crippen LogP contribution in [0.4, 0.5) is 0 Å². The summed E-state index contributed by atoms with van der Waals surface area (Å²) in [6, 6.07) is 0.131. The van der Waals surface area contributed by atoms with Gasteiger partial charge in [-0.15, -0.1) is 0 Å². The lowest BCUT2D eigenvalue weighted by molar-refractivity contribution is -0.143. The smallest absolute Gasteiger partial charge is 0.317 e. The average Bonchev–Trinajstić information content (AvgIpc) is 2.46. The Morgan fingerprint density at radius 3 is 1.50 bits per heavy atom. The van der Waals surface area contributed by atoms with E-state index in [2.05, 4.69) is 5.32 Å². The quantitative estimate of drug-likeness (QED) is 0.368. The minimum absolute atomic E-state index is 0.131. The predicted molar refractivity (Wildman–Crippen MR) is 81.9 cm³/mol. The van der Waals surface area contributed by atoms with Crippen molar-refractivity contribution < 1.29 is 39.6 Å². The van der Waals surface area contributed by atoms with Gasteiger partial charge >= 0.3 is 23.9 Å². The molecule has 0 bridgehead atoms. The molecule has 0 aromatic rings. The third-order valence-electron chi connectivity index (χ3n) is 3.32. The molecule has 5 N–H and O–H groups in total. The third-order valence-corrected chi connectivity index (χ3v) is 3.32. The summed E-state index contributed by atoms with van der Waals surface area (Å²) >= 11 is 0. The summed E-state index contributed by atoms with van der Waals surface area (Å²) in [5.74, 6) is -4.03. The molecular weight excluding hydrogens is 324 g/mol. The molecule has 0 aliphatic heterocycles. The zero-order chi connectivity index (χ0) is 18.5. The van der Waals surface area contributed by atoms with E-state index in [9.17, 15) is 19.2 Å². The number of carbonyl (C=O) groups is 4. The number of hydrogen-bond acceptors (Lipinski definition) is 6. The predicted octanol–water partition coefficient (Wildman–Crippen LogP) is -0.464. The van der Waals surface area contributed by atoms with Crippen LogP contribution in [0, 0.1) is 0 Å². The lowest BCUT2D eigenvalue weighted by Crippen LogP contribution is -2.43. The Morgan fingerprint density at radius 2 is 1.17 bits per heavy atom. The molecule has 0 spiro atoms. The third kappa shape index (κ3) is 12.4. The summed E-state index contributed by atoms with van der Waals surface area (Å²) in [4.78, 5) is 42.2. The summed E-state index contributed by atoms with van der Waals surface area (Å²) in [6.07, 6.45) is 5.15. The lowest BCUT2D eigenvalue weighted by atomic mass is 9.94. The number of hydrogen-bond donors (Lipinski definition) is 5.